The molecule has 0 unspecified atom stereocenters. The average Bonchev–Trinajstić information content (AvgIpc) is 2.13. The Morgan fingerprint density at radius 1 is 1.38 bits per heavy atom. The van der Waals surface area contributed by atoms with Gasteiger partial charge in [-0.2, -0.15) is 4.40 Å². The molecule has 0 aromatic heterocycles. The van der Waals surface area contributed by atoms with Crippen molar-refractivity contribution in [1.29, 1.82) is 0 Å². The third-order valence-electron chi connectivity index (χ3n) is 1.94. The van der Waals surface area contributed by atoms with Crippen molar-refractivity contribution in [3.63, 3.8) is 0 Å². The molecule has 0 aliphatic rings. The average molecular weight is 245 g/mol. The molecule has 0 aliphatic heterocycles. The lowest BCUT2D eigenvalue weighted by molar-refractivity contribution is 0.389. The van der Waals surface area contributed by atoms with Gasteiger partial charge in [-0.15, -0.1) is 6.58 Å². The van der Waals surface area contributed by atoms with Crippen LogP contribution in [0.5, 0.6) is 0 Å². The Balaban J connectivity index is 4.33. The molecule has 0 N–H and O–H groups in total. The minimum absolute atomic E-state index is 0.335. The predicted molar refractivity (Wildman–Crippen MR) is 71.0 cm³/mol. The molecule has 0 fully saturated rings. The van der Waals surface area contributed by atoms with Gasteiger partial charge in [0.05, 0.1) is 11.9 Å². The molecule has 16 heavy (non-hydrogen) atoms. The van der Waals surface area contributed by atoms with Gasteiger partial charge in [0.2, 0.25) is 0 Å². The summed E-state index contributed by atoms with van der Waals surface area (Å²) in [6.45, 7) is 11.5. The van der Waals surface area contributed by atoms with Gasteiger partial charge in [-0.05, 0) is 40.5 Å². The Morgan fingerprint density at radius 2 is 1.94 bits per heavy atom. The van der Waals surface area contributed by atoms with Crippen LogP contribution < -0.4 is 0 Å². The lowest BCUT2D eigenvalue weighted by atomic mass is 10.1. The molecular formula is C12H23NO2S. The van der Waals surface area contributed by atoms with Crippen LogP contribution in [0.1, 0.15) is 47.0 Å². The van der Waals surface area contributed by atoms with Gasteiger partial charge in [0.15, 0.2) is 5.90 Å². The number of allylic oxidation sites excluding steroid dienone is 1. The summed E-state index contributed by atoms with van der Waals surface area (Å²) in [6, 6.07) is 0. The molecule has 0 aromatic rings. The Bertz CT molecular complexity index is 290. The summed E-state index contributed by atoms with van der Waals surface area (Å²) in [5, 5.41) is 0. The number of rotatable bonds is 5. The molecule has 0 aromatic carbocycles. The summed E-state index contributed by atoms with van der Waals surface area (Å²) < 4.78 is 20.6. The van der Waals surface area contributed by atoms with Crippen molar-refractivity contribution in [2.75, 3.05) is 7.11 Å². The van der Waals surface area contributed by atoms with Crippen LogP contribution in [0.2, 0.25) is 0 Å². The van der Waals surface area contributed by atoms with E-state index in [4.69, 9.17) is 4.74 Å². The number of ether oxygens (including phenoxy) is 1. The van der Waals surface area contributed by atoms with Crippen LogP contribution in [0.4, 0.5) is 0 Å². The van der Waals surface area contributed by atoms with Crippen LogP contribution in [-0.2, 0) is 15.7 Å². The quantitative estimate of drug-likeness (QED) is 0.424. The van der Waals surface area contributed by atoms with Crippen LogP contribution in [0, 0.1) is 0 Å². The standard InChI is InChI=1S/C12H23NO2S/c1-10(2)8-7-9-11(15-6)13-16(14)12(3,4)5/h1,7-9H2,2-6H3/b13-11+/t16-/m1/s1. The first-order valence-corrected chi connectivity index (χ1v) is 6.56. The molecule has 0 bridgehead atoms. The lowest BCUT2D eigenvalue weighted by Gasteiger charge is -2.14. The third-order valence-corrected chi connectivity index (χ3v) is 3.36. The highest BCUT2D eigenvalue weighted by molar-refractivity contribution is 7.85. The van der Waals surface area contributed by atoms with Crippen molar-refractivity contribution >= 4 is 16.9 Å². The van der Waals surface area contributed by atoms with Gasteiger partial charge in [0.1, 0.15) is 11.0 Å². The fourth-order valence-electron chi connectivity index (χ4n) is 0.956. The van der Waals surface area contributed by atoms with E-state index in [2.05, 4.69) is 11.0 Å². The first-order chi connectivity index (χ1) is 7.27. The van der Waals surface area contributed by atoms with E-state index in [1.165, 1.54) is 0 Å². The molecule has 0 heterocycles. The zero-order chi connectivity index (χ0) is 12.8. The van der Waals surface area contributed by atoms with Gasteiger partial charge in [-0.3, -0.25) is 0 Å². The second kappa shape index (κ2) is 6.84. The maximum Gasteiger partial charge on any atom is 0.197 e. The highest BCUT2D eigenvalue weighted by Crippen LogP contribution is 2.14. The van der Waals surface area contributed by atoms with Crippen molar-refractivity contribution in [1.82, 2.24) is 0 Å². The van der Waals surface area contributed by atoms with Crippen LogP contribution >= 0.6 is 0 Å². The van der Waals surface area contributed by atoms with E-state index in [1.54, 1.807) is 7.11 Å². The van der Waals surface area contributed by atoms with E-state index >= 15 is 0 Å². The van der Waals surface area contributed by atoms with E-state index in [0.29, 0.717) is 12.3 Å². The summed E-state index contributed by atoms with van der Waals surface area (Å²) in [6.07, 6.45) is 2.60. The van der Waals surface area contributed by atoms with Crippen molar-refractivity contribution in [2.24, 2.45) is 4.40 Å². The summed E-state index contributed by atoms with van der Waals surface area (Å²) >= 11 is 0. The minimum atomic E-state index is -1.24. The molecule has 4 heteroatoms. The first-order valence-electron chi connectivity index (χ1n) is 5.45. The Labute approximate surface area is 102 Å². The highest BCUT2D eigenvalue weighted by atomic mass is 32.2. The van der Waals surface area contributed by atoms with Crippen molar-refractivity contribution in [2.45, 2.75) is 51.7 Å². The third kappa shape index (κ3) is 6.77. The molecule has 94 valence electrons. The number of methoxy groups -OCH3 is 1. The van der Waals surface area contributed by atoms with Gasteiger partial charge < -0.3 is 4.74 Å². The molecule has 0 amide bonds. The minimum Gasteiger partial charge on any atom is -0.484 e. The molecule has 0 aliphatic carbocycles. The van der Waals surface area contributed by atoms with Gasteiger partial charge in [0.25, 0.3) is 0 Å². The number of hydrogen-bond acceptors (Lipinski definition) is 2. The molecule has 0 radical (unpaired) electrons. The largest absolute Gasteiger partial charge is 0.484 e. The van der Waals surface area contributed by atoms with Crippen molar-refractivity contribution in [3.8, 4) is 0 Å². The maximum atomic E-state index is 11.8. The molecule has 1 atom stereocenters. The topological polar surface area (TPSA) is 38.7 Å². The molecular weight excluding hydrogens is 222 g/mol. The van der Waals surface area contributed by atoms with E-state index < -0.39 is 11.0 Å². The summed E-state index contributed by atoms with van der Waals surface area (Å²) in [7, 11) is 0.328. The molecule has 0 rings (SSSR count). The zero-order valence-electron chi connectivity index (χ0n) is 11.0. The first kappa shape index (κ1) is 15.4. The highest BCUT2D eigenvalue weighted by Gasteiger charge is 2.19. The van der Waals surface area contributed by atoms with Gasteiger partial charge in [0, 0.05) is 6.42 Å². The number of nitrogens with zero attached hydrogens (tertiary/aromatic N) is 1. The summed E-state index contributed by atoms with van der Waals surface area (Å²) in [5.41, 5.74) is 1.15. The molecule has 3 nitrogen and oxygen atoms in total. The normalized spacial score (nSPS) is 14.7. The van der Waals surface area contributed by atoms with E-state index in [-0.39, 0.29) is 4.75 Å². The summed E-state index contributed by atoms with van der Waals surface area (Å²) in [4.78, 5) is 0. The fourth-order valence-corrected chi connectivity index (χ4v) is 1.58. The van der Waals surface area contributed by atoms with Crippen LogP contribution in [0.15, 0.2) is 16.5 Å². The molecule has 0 saturated carbocycles. The van der Waals surface area contributed by atoms with E-state index in [0.717, 1.165) is 18.4 Å². The SMILES string of the molecule is C=C(C)CCC/C(=N\[S@](=O)C(C)(C)C)OC. The second-order valence-corrected chi connectivity index (χ2v) is 6.77. The van der Waals surface area contributed by atoms with Crippen LogP contribution in [-0.4, -0.2) is 22.0 Å². The van der Waals surface area contributed by atoms with Crippen molar-refractivity contribution < 1.29 is 8.95 Å². The van der Waals surface area contributed by atoms with Gasteiger partial charge in [-0.1, -0.05) is 5.57 Å². The second-order valence-electron chi connectivity index (χ2n) is 4.86. The van der Waals surface area contributed by atoms with Gasteiger partial charge >= 0.3 is 0 Å². The van der Waals surface area contributed by atoms with Crippen LogP contribution in [0.25, 0.3) is 0 Å². The predicted octanol–water partition coefficient (Wildman–Crippen LogP) is 3.24. The summed E-state index contributed by atoms with van der Waals surface area (Å²) in [5.74, 6) is 0.564. The molecule has 0 saturated heterocycles. The molecule has 0 spiro atoms. The van der Waals surface area contributed by atoms with Crippen molar-refractivity contribution in [3.05, 3.63) is 12.2 Å². The monoisotopic (exact) mass is 245 g/mol. The lowest BCUT2D eigenvalue weighted by Crippen LogP contribution is -2.21. The zero-order valence-corrected chi connectivity index (χ0v) is 11.8. The Hall–Kier alpha value is -0.640. The van der Waals surface area contributed by atoms with Gasteiger partial charge in [-0.25, -0.2) is 4.21 Å². The number of hydrogen-bond donors (Lipinski definition) is 0. The smallest absolute Gasteiger partial charge is 0.197 e. The Morgan fingerprint density at radius 3 is 2.31 bits per heavy atom. The van der Waals surface area contributed by atoms with E-state index in [1.807, 2.05) is 27.7 Å². The fraction of sp³-hybridized carbons (Fsp3) is 0.750. The van der Waals surface area contributed by atoms with E-state index in [9.17, 15) is 4.21 Å². The van der Waals surface area contributed by atoms with Crippen LogP contribution in [0.3, 0.4) is 0 Å². The maximum absolute atomic E-state index is 11.8. The Kier molecular flexibility index (Phi) is 6.56.